The standard InChI is InChI=1S/C25H36N6O7S/c1-13(32)21(27)24(36)31-19(11-14-12-28-16-6-4-3-5-15(14)16)23(35)29-17(9-10-39-2)22(34)30-18(25(37)38)7-8-20(26)33/h3-6,12-13,17-19,21,28,32H,7-11,27H2,1-2H3,(H2,26,33)(H,29,35)(H,30,34)(H,31,36)(H,37,38). The highest BCUT2D eigenvalue weighted by atomic mass is 32.2. The number of amides is 4. The van der Waals surface area contributed by atoms with Crippen LogP contribution in [-0.4, -0.2) is 87.1 Å². The van der Waals surface area contributed by atoms with Gasteiger partial charge in [0.15, 0.2) is 0 Å². The number of carboxylic acids is 1. The van der Waals surface area contributed by atoms with Gasteiger partial charge in [-0.05, 0) is 43.4 Å². The van der Waals surface area contributed by atoms with Crippen molar-refractivity contribution in [3.63, 3.8) is 0 Å². The molecule has 14 heteroatoms. The van der Waals surface area contributed by atoms with Gasteiger partial charge in [0.05, 0.1) is 6.10 Å². The minimum atomic E-state index is -1.38. The first-order chi connectivity index (χ1) is 18.4. The highest BCUT2D eigenvalue weighted by Crippen LogP contribution is 2.19. The van der Waals surface area contributed by atoms with E-state index in [1.807, 2.05) is 24.3 Å². The van der Waals surface area contributed by atoms with Crippen LogP contribution in [0.1, 0.15) is 31.7 Å². The summed E-state index contributed by atoms with van der Waals surface area (Å²) in [5, 5.41) is 27.6. The first kappa shape index (κ1) is 31.6. The number of rotatable bonds is 16. The lowest BCUT2D eigenvalue weighted by atomic mass is 10.0. The Morgan fingerprint density at radius 1 is 0.974 bits per heavy atom. The van der Waals surface area contributed by atoms with E-state index in [9.17, 15) is 34.2 Å². The Bertz CT molecular complexity index is 1170. The number of H-pyrrole nitrogens is 1. The fourth-order valence-corrected chi connectivity index (χ4v) is 4.28. The van der Waals surface area contributed by atoms with Crippen LogP contribution in [0.3, 0.4) is 0 Å². The fourth-order valence-electron chi connectivity index (χ4n) is 3.81. The number of hydrogen-bond acceptors (Lipinski definition) is 8. The van der Waals surface area contributed by atoms with Crippen molar-refractivity contribution >= 4 is 52.3 Å². The smallest absolute Gasteiger partial charge is 0.326 e. The average molecular weight is 565 g/mol. The third kappa shape index (κ3) is 9.57. The molecule has 0 fully saturated rings. The molecule has 39 heavy (non-hydrogen) atoms. The zero-order valence-corrected chi connectivity index (χ0v) is 22.6. The normalized spacial score (nSPS) is 15.0. The number of nitrogens with one attached hydrogen (secondary N) is 4. The van der Waals surface area contributed by atoms with Gasteiger partial charge in [-0.2, -0.15) is 11.8 Å². The van der Waals surface area contributed by atoms with Crippen molar-refractivity contribution in [3.8, 4) is 0 Å². The largest absolute Gasteiger partial charge is 0.480 e. The summed E-state index contributed by atoms with van der Waals surface area (Å²) in [6.45, 7) is 1.35. The molecule has 1 aromatic carbocycles. The first-order valence-electron chi connectivity index (χ1n) is 12.3. The van der Waals surface area contributed by atoms with Gasteiger partial charge in [-0.25, -0.2) is 4.79 Å². The highest BCUT2D eigenvalue weighted by Gasteiger charge is 2.31. The van der Waals surface area contributed by atoms with Crippen molar-refractivity contribution in [2.75, 3.05) is 12.0 Å². The SMILES string of the molecule is CSCCC(NC(=O)C(Cc1c[nH]c2ccccc12)NC(=O)C(N)C(C)O)C(=O)NC(CCC(N)=O)C(=O)O. The van der Waals surface area contributed by atoms with E-state index in [1.54, 1.807) is 12.5 Å². The molecule has 0 spiro atoms. The van der Waals surface area contributed by atoms with Gasteiger partial charge in [0.25, 0.3) is 0 Å². The Labute approximate surface area is 229 Å². The molecule has 5 atom stereocenters. The van der Waals surface area contributed by atoms with Crippen LogP contribution in [0.4, 0.5) is 0 Å². The number of aromatic nitrogens is 1. The van der Waals surface area contributed by atoms with Gasteiger partial charge in [0.2, 0.25) is 23.6 Å². The van der Waals surface area contributed by atoms with Crippen LogP contribution < -0.4 is 27.4 Å². The van der Waals surface area contributed by atoms with Gasteiger partial charge < -0.3 is 42.6 Å². The summed E-state index contributed by atoms with van der Waals surface area (Å²) in [4.78, 5) is 64.9. The van der Waals surface area contributed by atoms with Crippen LogP contribution in [0.2, 0.25) is 0 Å². The predicted octanol–water partition coefficient (Wildman–Crippen LogP) is -1.02. The Balaban J connectivity index is 2.28. The molecule has 2 rings (SSSR count). The lowest BCUT2D eigenvalue weighted by molar-refractivity contribution is -0.142. The van der Waals surface area contributed by atoms with Crippen LogP contribution in [-0.2, 0) is 30.4 Å². The van der Waals surface area contributed by atoms with Crippen LogP contribution in [0.15, 0.2) is 30.5 Å². The number of nitrogens with two attached hydrogens (primary N) is 2. The second-order valence-corrected chi connectivity index (χ2v) is 10.1. The van der Waals surface area contributed by atoms with Gasteiger partial charge in [0.1, 0.15) is 24.2 Å². The number of carbonyl (C=O) groups excluding carboxylic acids is 4. The van der Waals surface area contributed by atoms with Gasteiger partial charge in [-0.1, -0.05) is 18.2 Å². The van der Waals surface area contributed by atoms with Crippen LogP contribution in [0.25, 0.3) is 10.9 Å². The number of para-hydroxylation sites is 1. The molecule has 1 aromatic heterocycles. The van der Waals surface area contributed by atoms with Crippen molar-refractivity contribution in [1.82, 2.24) is 20.9 Å². The van der Waals surface area contributed by atoms with Gasteiger partial charge >= 0.3 is 5.97 Å². The fraction of sp³-hybridized carbons (Fsp3) is 0.480. The molecule has 0 aliphatic heterocycles. The topological polar surface area (TPSA) is 230 Å². The molecule has 1 heterocycles. The number of primary amides is 1. The molecule has 0 saturated carbocycles. The molecule has 5 unspecified atom stereocenters. The van der Waals surface area contributed by atoms with Crippen molar-refractivity contribution in [2.45, 2.75) is 62.9 Å². The van der Waals surface area contributed by atoms with E-state index in [-0.39, 0.29) is 25.7 Å². The van der Waals surface area contributed by atoms with E-state index >= 15 is 0 Å². The number of fused-ring (bicyclic) bond motifs is 1. The second-order valence-electron chi connectivity index (χ2n) is 9.14. The third-order valence-corrected chi connectivity index (χ3v) is 6.74. The number of thioether (sulfide) groups is 1. The average Bonchev–Trinajstić information content (AvgIpc) is 3.30. The Hall–Kier alpha value is -3.62. The van der Waals surface area contributed by atoms with Gasteiger partial charge in [-0.15, -0.1) is 0 Å². The molecule has 13 nitrogen and oxygen atoms in total. The first-order valence-corrected chi connectivity index (χ1v) is 13.7. The molecule has 0 radical (unpaired) electrons. The summed E-state index contributed by atoms with van der Waals surface area (Å²) in [6.07, 6.45) is 2.09. The van der Waals surface area contributed by atoms with E-state index in [1.165, 1.54) is 18.7 Å². The van der Waals surface area contributed by atoms with Crippen LogP contribution in [0, 0.1) is 0 Å². The Morgan fingerprint density at radius 2 is 1.59 bits per heavy atom. The maximum absolute atomic E-state index is 13.4. The molecule has 0 saturated heterocycles. The molecule has 0 aliphatic carbocycles. The van der Waals surface area contributed by atoms with Crippen molar-refractivity contribution in [1.29, 1.82) is 0 Å². The summed E-state index contributed by atoms with van der Waals surface area (Å²) in [6, 6.07) is 2.41. The van der Waals surface area contributed by atoms with Gasteiger partial charge in [0, 0.05) is 29.9 Å². The molecular formula is C25H36N6O7S. The Morgan fingerprint density at radius 3 is 2.21 bits per heavy atom. The lowest BCUT2D eigenvalue weighted by Crippen LogP contribution is -2.58. The Kier molecular flexibility index (Phi) is 12.2. The molecule has 214 valence electrons. The van der Waals surface area contributed by atoms with E-state index in [0.717, 1.165) is 16.5 Å². The lowest BCUT2D eigenvalue weighted by Gasteiger charge is -2.25. The van der Waals surface area contributed by atoms with E-state index in [2.05, 4.69) is 20.9 Å². The number of carboxylic acid groups (broad SMARTS) is 1. The zero-order chi connectivity index (χ0) is 29.1. The van der Waals surface area contributed by atoms with E-state index < -0.39 is 59.9 Å². The van der Waals surface area contributed by atoms with E-state index in [0.29, 0.717) is 5.75 Å². The molecule has 10 N–H and O–H groups in total. The third-order valence-electron chi connectivity index (χ3n) is 6.09. The maximum atomic E-state index is 13.4. The molecular weight excluding hydrogens is 528 g/mol. The predicted molar refractivity (Wildman–Crippen MR) is 147 cm³/mol. The van der Waals surface area contributed by atoms with Crippen molar-refractivity contribution in [2.24, 2.45) is 11.5 Å². The quantitative estimate of drug-likeness (QED) is 0.124. The highest BCUT2D eigenvalue weighted by molar-refractivity contribution is 7.98. The summed E-state index contributed by atoms with van der Waals surface area (Å²) < 4.78 is 0. The number of carbonyl (C=O) groups is 5. The number of aliphatic hydroxyl groups excluding tert-OH is 1. The van der Waals surface area contributed by atoms with Crippen molar-refractivity contribution < 1.29 is 34.2 Å². The van der Waals surface area contributed by atoms with Crippen molar-refractivity contribution in [3.05, 3.63) is 36.0 Å². The molecule has 0 bridgehead atoms. The summed E-state index contributed by atoms with van der Waals surface area (Å²) in [5.74, 6) is -3.81. The van der Waals surface area contributed by atoms with E-state index in [4.69, 9.17) is 11.5 Å². The number of aromatic amines is 1. The molecule has 0 aliphatic rings. The number of benzene rings is 1. The molecule has 4 amide bonds. The number of hydrogen-bond donors (Lipinski definition) is 8. The maximum Gasteiger partial charge on any atom is 0.326 e. The molecule has 2 aromatic rings. The zero-order valence-electron chi connectivity index (χ0n) is 21.8. The number of aliphatic carboxylic acids is 1. The summed E-state index contributed by atoms with van der Waals surface area (Å²) in [7, 11) is 0. The van der Waals surface area contributed by atoms with Crippen LogP contribution in [0.5, 0.6) is 0 Å². The van der Waals surface area contributed by atoms with Gasteiger partial charge in [-0.3, -0.25) is 19.2 Å². The van der Waals surface area contributed by atoms with Crippen LogP contribution >= 0.6 is 11.8 Å². The summed E-state index contributed by atoms with van der Waals surface area (Å²) >= 11 is 1.42. The number of aliphatic hydroxyl groups is 1. The summed E-state index contributed by atoms with van der Waals surface area (Å²) in [5.41, 5.74) is 12.4. The minimum absolute atomic E-state index is 0.0430. The minimum Gasteiger partial charge on any atom is -0.480 e. The second kappa shape index (κ2) is 15.1. The monoisotopic (exact) mass is 564 g/mol.